The van der Waals surface area contributed by atoms with Crippen LogP contribution in [0.5, 0.6) is 0 Å². The molecule has 0 aromatic heterocycles. The largest absolute Gasteiger partial charge is 0.389 e. The Morgan fingerprint density at radius 1 is 0.562 bits per heavy atom. The summed E-state index contributed by atoms with van der Waals surface area (Å²) in [6, 6.07) is 0. The van der Waals surface area contributed by atoms with E-state index in [2.05, 4.69) is 24.0 Å². The monoisotopic (exact) mass is 440 g/mol. The first-order valence-corrected chi connectivity index (χ1v) is 13.0. The number of hydrogen-bond acceptors (Lipinski definition) is 2. The zero-order valence-electron chi connectivity index (χ0n) is 20.4. The third-order valence-corrected chi connectivity index (χ3v) is 5.68. The maximum absolute atomic E-state index is 9.66. The van der Waals surface area contributed by atoms with Crippen molar-refractivity contribution in [1.82, 2.24) is 0 Å². The van der Waals surface area contributed by atoms with Crippen LogP contribution in [0.1, 0.15) is 116 Å². The van der Waals surface area contributed by atoms with Crippen LogP contribution in [0.3, 0.4) is 0 Å². The number of hydrogen-bond donors (Lipinski definition) is 2. The molecule has 0 heterocycles. The van der Waals surface area contributed by atoms with Gasteiger partial charge in [0, 0.05) is 0 Å². The van der Waals surface area contributed by atoms with Gasteiger partial charge < -0.3 is 10.2 Å². The van der Waals surface area contributed by atoms with Gasteiger partial charge in [-0.3, -0.25) is 0 Å². The van der Waals surface area contributed by atoms with E-state index in [1.165, 1.54) is 96.3 Å². The first-order valence-electron chi connectivity index (χ1n) is 13.0. The molecule has 0 saturated heterocycles. The van der Waals surface area contributed by atoms with Gasteiger partial charge in [-0.05, 0) is 63.2 Å². The molecule has 0 saturated carbocycles. The lowest BCUT2D eigenvalue weighted by molar-refractivity contribution is 0.208. The minimum absolute atomic E-state index is 0.377. The van der Waals surface area contributed by atoms with Gasteiger partial charge in [0.25, 0.3) is 0 Å². The molecule has 2 atom stereocenters. The van der Waals surface area contributed by atoms with Crippen molar-refractivity contribution in [3.63, 3.8) is 0 Å². The molecule has 2 heteroatoms. The van der Waals surface area contributed by atoms with Crippen molar-refractivity contribution in [1.29, 1.82) is 0 Å². The molecule has 2 nitrogen and oxygen atoms in total. The first-order chi connectivity index (χ1) is 15.7. The Morgan fingerprint density at radius 2 is 1.00 bits per heavy atom. The maximum Gasteiger partial charge on any atom is 0.133 e. The summed E-state index contributed by atoms with van der Waals surface area (Å²) in [5.41, 5.74) is 0. The summed E-state index contributed by atoms with van der Waals surface area (Å²) in [6.07, 6.45) is 43.1. The van der Waals surface area contributed by atoms with Crippen LogP contribution in [0.4, 0.5) is 0 Å². The molecule has 0 aromatic carbocycles. The van der Waals surface area contributed by atoms with Gasteiger partial charge in [-0.1, -0.05) is 101 Å². The van der Waals surface area contributed by atoms with Crippen LogP contribution in [0.25, 0.3) is 0 Å². The third-order valence-electron chi connectivity index (χ3n) is 5.68. The van der Waals surface area contributed by atoms with Crippen LogP contribution in [0, 0.1) is 24.7 Å². The quantitative estimate of drug-likeness (QED) is 0.103. The molecule has 2 N–H and O–H groups in total. The van der Waals surface area contributed by atoms with Gasteiger partial charge in [-0.2, -0.15) is 0 Å². The lowest BCUT2D eigenvalue weighted by Crippen LogP contribution is -2.01. The van der Waals surface area contributed by atoms with E-state index in [1.807, 2.05) is 6.08 Å². The van der Waals surface area contributed by atoms with E-state index in [9.17, 15) is 10.2 Å². The van der Waals surface area contributed by atoms with Crippen LogP contribution in [-0.2, 0) is 0 Å². The number of terminal acetylenes is 2. The Labute approximate surface area is 199 Å². The molecule has 0 amide bonds. The molecule has 0 unspecified atom stereocenters. The van der Waals surface area contributed by atoms with Gasteiger partial charge in [-0.15, -0.1) is 12.8 Å². The molecule has 0 rings (SSSR count). The predicted octanol–water partition coefficient (Wildman–Crippen LogP) is 7.67. The summed E-state index contributed by atoms with van der Waals surface area (Å²) in [5.74, 6) is 4.70. The van der Waals surface area contributed by atoms with E-state index >= 15 is 0 Å². The molecule has 0 bridgehead atoms. The lowest BCUT2D eigenvalue weighted by Gasteiger charge is -2.05. The molecular weight excluding hydrogens is 392 g/mol. The summed E-state index contributed by atoms with van der Waals surface area (Å²) >= 11 is 0. The Morgan fingerprint density at radius 3 is 1.47 bits per heavy atom. The first kappa shape index (κ1) is 30.3. The summed E-state index contributed by atoms with van der Waals surface area (Å²) in [6.45, 7) is 0. The Hall–Kier alpha value is -1.74. The maximum atomic E-state index is 9.66. The fourth-order valence-corrected chi connectivity index (χ4v) is 3.69. The number of aliphatic hydroxyl groups excluding tert-OH is 2. The average Bonchev–Trinajstić information content (AvgIpc) is 2.80. The van der Waals surface area contributed by atoms with E-state index in [-0.39, 0.29) is 6.10 Å². The van der Waals surface area contributed by atoms with Crippen molar-refractivity contribution < 1.29 is 10.2 Å². The zero-order valence-corrected chi connectivity index (χ0v) is 20.4. The van der Waals surface area contributed by atoms with Crippen molar-refractivity contribution in [2.75, 3.05) is 0 Å². The van der Waals surface area contributed by atoms with Gasteiger partial charge in [0.15, 0.2) is 0 Å². The van der Waals surface area contributed by atoms with Crippen molar-refractivity contribution in [3.05, 3.63) is 36.5 Å². The SMILES string of the molecule is C#C/C=C/[C@@H](O)CCCCCCCCC/C=C/CCCCCCCCC/C=C/[C@@H](O)C#C. The van der Waals surface area contributed by atoms with Gasteiger partial charge in [0.05, 0.1) is 6.10 Å². The number of rotatable bonds is 22. The summed E-state index contributed by atoms with van der Waals surface area (Å²) in [4.78, 5) is 0. The van der Waals surface area contributed by atoms with Crippen LogP contribution >= 0.6 is 0 Å². The summed E-state index contributed by atoms with van der Waals surface area (Å²) < 4.78 is 0. The summed E-state index contributed by atoms with van der Waals surface area (Å²) in [5, 5.41) is 18.9. The van der Waals surface area contributed by atoms with E-state index < -0.39 is 6.10 Å². The number of allylic oxidation sites excluding steroid dienone is 4. The number of unbranched alkanes of at least 4 members (excludes halogenated alkanes) is 15. The van der Waals surface area contributed by atoms with Gasteiger partial charge >= 0.3 is 0 Å². The topological polar surface area (TPSA) is 40.5 Å². The molecule has 180 valence electrons. The smallest absolute Gasteiger partial charge is 0.133 e. The van der Waals surface area contributed by atoms with Crippen LogP contribution in [-0.4, -0.2) is 22.4 Å². The Balaban J connectivity index is 3.22. The second-order valence-electron chi connectivity index (χ2n) is 8.71. The van der Waals surface area contributed by atoms with E-state index in [4.69, 9.17) is 12.8 Å². The predicted molar refractivity (Wildman–Crippen MR) is 140 cm³/mol. The fraction of sp³-hybridized carbons (Fsp3) is 0.667. The van der Waals surface area contributed by atoms with Gasteiger partial charge in [0.1, 0.15) is 6.10 Å². The molecular formula is C30H48O2. The van der Waals surface area contributed by atoms with Crippen LogP contribution in [0.15, 0.2) is 36.5 Å². The fourth-order valence-electron chi connectivity index (χ4n) is 3.69. The summed E-state index contributed by atoms with van der Waals surface area (Å²) in [7, 11) is 0. The van der Waals surface area contributed by atoms with E-state index in [1.54, 1.807) is 18.2 Å². The average molecular weight is 441 g/mol. The third kappa shape index (κ3) is 24.5. The minimum Gasteiger partial charge on any atom is -0.389 e. The molecule has 32 heavy (non-hydrogen) atoms. The van der Waals surface area contributed by atoms with Crippen molar-refractivity contribution in [2.45, 2.75) is 128 Å². The molecule has 0 aliphatic rings. The van der Waals surface area contributed by atoms with Gasteiger partial charge in [0.2, 0.25) is 0 Å². The molecule has 0 spiro atoms. The van der Waals surface area contributed by atoms with E-state index in [0.717, 1.165) is 19.3 Å². The minimum atomic E-state index is -0.722. The van der Waals surface area contributed by atoms with Crippen LogP contribution in [0.2, 0.25) is 0 Å². The van der Waals surface area contributed by atoms with Crippen LogP contribution < -0.4 is 0 Å². The highest BCUT2D eigenvalue weighted by molar-refractivity contribution is 5.10. The molecule has 0 aliphatic heterocycles. The van der Waals surface area contributed by atoms with Crippen molar-refractivity contribution >= 4 is 0 Å². The highest BCUT2D eigenvalue weighted by Crippen LogP contribution is 2.13. The second kappa shape index (κ2) is 25.5. The zero-order chi connectivity index (χ0) is 23.5. The molecule has 0 aromatic rings. The Kier molecular flexibility index (Phi) is 24.1. The number of aliphatic hydroxyl groups is 2. The Bertz CT molecular complexity index is 558. The molecule has 0 aliphatic carbocycles. The molecule has 0 fully saturated rings. The highest BCUT2D eigenvalue weighted by atomic mass is 16.3. The van der Waals surface area contributed by atoms with Crippen molar-refractivity contribution in [3.8, 4) is 24.7 Å². The molecule has 0 radical (unpaired) electrons. The van der Waals surface area contributed by atoms with Crippen molar-refractivity contribution in [2.24, 2.45) is 0 Å². The highest BCUT2D eigenvalue weighted by Gasteiger charge is 1.98. The second-order valence-corrected chi connectivity index (χ2v) is 8.71. The van der Waals surface area contributed by atoms with Gasteiger partial charge in [-0.25, -0.2) is 0 Å². The normalized spacial score (nSPS) is 13.6. The standard InChI is InChI=1S/C30H48O2/c1-3-5-26-30(32)28-25-23-21-19-17-15-13-11-9-7-6-8-10-12-14-16-18-20-22-24-27-29(31)4-2/h1-2,5,7,9,24,26-27,29-32H,6,8,10-23,25,28H2/b9-7+,26-5+,27-24+/t29-,30+/m0/s1. The van der Waals surface area contributed by atoms with E-state index in [0.29, 0.717) is 0 Å². The lowest BCUT2D eigenvalue weighted by atomic mass is 10.0.